The zero-order valence-electron chi connectivity index (χ0n) is 10.2. The van der Waals surface area contributed by atoms with E-state index in [2.05, 4.69) is 5.32 Å². The number of para-hydroxylation sites is 1. The molecule has 0 aliphatic heterocycles. The molecule has 0 bridgehead atoms. The Labute approximate surface area is 102 Å². The third kappa shape index (κ3) is 4.87. The van der Waals surface area contributed by atoms with Gasteiger partial charge in [0.05, 0.1) is 0 Å². The standard InChI is InChI=1S/C13H19NO3/c1-10(8-9-15)14-13(16)11(2)17-12-6-4-3-5-7-12/h3-7,10-11,15H,8-9H2,1-2H3,(H,14,16). The van der Waals surface area contributed by atoms with Gasteiger partial charge in [-0.3, -0.25) is 4.79 Å². The van der Waals surface area contributed by atoms with Crippen LogP contribution in [0.25, 0.3) is 0 Å². The van der Waals surface area contributed by atoms with Crippen LogP contribution < -0.4 is 10.1 Å². The molecule has 0 spiro atoms. The van der Waals surface area contributed by atoms with Crippen LogP contribution in [0.5, 0.6) is 5.75 Å². The zero-order valence-corrected chi connectivity index (χ0v) is 10.2. The number of rotatable bonds is 6. The fraction of sp³-hybridized carbons (Fsp3) is 0.462. The molecule has 2 unspecified atom stereocenters. The third-order valence-corrected chi connectivity index (χ3v) is 2.38. The number of carbonyl (C=O) groups is 1. The Morgan fingerprint density at radius 2 is 2.00 bits per heavy atom. The van der Waals surface area contributed by atoms with E-state index < -0.39 is 6.10 Å². The molecule has 94 valence electrons. The van der Waals surface area contributed by atoms with Gasteiger partial charge in [-0.15, -0.1) is 0 Å². The van der Waals surface area contributed by atoms with Crippen LogP contribution in [-0.2, 0) is 4.79 Å². The van der Waals surface area contributed by atoms with Crippen LogP contribution in [0.1, 0.15) is 20.3 Å². The molecule has 0 aromatic heterocycles. The van der Waals surface area contributed by atoms with Crippen LogP contribution in [0.4, 0.5) is 0 Å². The molecule has 0 saturated carbocycles. The Morgan fingerprint density at radius 1 is 1.35 bits per heavy atom. The summed E-state index contributed by atoms with van der Waals surface area (Å²) in [7, 11) is 0. The molecule has 17 heavy (non-hydrogen) atoms. The van der Waals surface area contributed by atoms with E-state index in [1.165, 1.54) is 0 Å². The average Bonchev–Trinajstić information content (AvgIpc) is 2.30. The highest BCUT2D eigenvalue weighted by atomic mass is 16.5. The van der Waals surface area contributed by atoms with Crippen molar-refractivity contribution in [2.75, 3.05) is 6.61 Å². The first-order valence-corrected chi connectivity index (χ1v) is 5.76. The van der Waals surface area contributed by atoms with Crippen LogP contribution in [0.2, 0.25) is 0 Å². The highest BCUT2D eigenvalue weighted by Gasteiger charge is 2.16. The van der Waals surface area contributed by atoms with Gasteiger partial charge in [0.2, 0.25) is 0 Å². The summed E-state index contributed by atoms with van der Waals surface area (Å²) in [6, 6.07) is 9.17. The van der Waals surface area contributed by atoms with Gasteiger partial charge in [-0.2, -0.15) is 0 Å². The van der Waals surface area contributed by atoms with Crippen molar-refractivity contribution in [2.45, 2.75) is 32.4 Å². The number of benzene rings is 1. The lowest BCUT2D eigenvalue weighted by molar-refractivity contribution is -0.127. The lowest BCUT2D eigenvalue weighted by atomic mass is 10.2. The average molecular weight is 237 g/mol. The Kier molecular flexibility index (Phi) is 5.49. The predicted molar refractivity (Wildman–Crippen MR) is 65.8 cm³/mol. The topological polar surface area (TPSA) is 58.6 Å². The van der Waals surface area contributed by atoms with Crippen LogP contribution in [0.3, 0.4) is 0 Å². The van der Waals surface area contributed by atoms with E-state index in [9.17, 15) is 4.79 Å². The van der Waals surface area contributed by atoms with Crippen molar-refractivity contribution in [3.05, 3.63) is 30.3 Å². The van der Waals surface area contributed by atoms with Gasteiger partial charge in [0.25, 0.3) is 5.91 Å². The molecule has 0 aliphatic carbocycles. The van der Waals surface area contributed by atoms with Gasteiger partial charge < -0.3 is 15.2 Å². The summed E-state index contributed by atoms with van der Waals surface area (Å²) in [6.45, 7) is 3.62. The van der Waals surface area contributed by atoms with E-state index in [1.807, 2.05) is 25.1 Å². The Balaban J connectivity index is 2.42. The monoisotopic (exact) mass is 237 g/mol. The fourth-order valence-electron chi connectivity index (χ4n) is 1.38. The van der Waals surface area contributed by atoms with E-state index in [4.69, 9.17) is 9.84 Å². The van der Waals surface area contributed by atoms with Crippen LogP contribution in [-0.4, -0.2) is 29.8 Å². The molecule has 1 amide bonds. The number of hydrogen-bond donors (Lipinski definition) is 2. The van der Waals surface area contributed by atoms with Crippen molar-refractivity contribution < 1.29 is 14.6 Å². The smallest absolute Gasteiger partial charge is 0.260 e. The maximum Gasteiger partial charge on any atom is 0.260 e. The summed E-state index contributed by atoms with van der Waals surface area (Å²) in [6.07, 6.45) is 0.00242. The van der Waals surface area contributed by atoms with Crippen molar-refractivity contribution >= 4 is 5.91 Å². The van der Waals surface area contributed by atoms with Gasteiger partial charge in [-0.1, -0.05) is 18.2 Å². The molecule has 2 N–H and O–H groups in total. The number of hydrogen-bond acceptors (Lipinski definition) is 3. The van der Waals surface area contributed by atoms with Crippen molar-refractivity contribution in [1.29, 1.82) is 0 Å². The zero-order chi connectivity index (χ0) is 12.7. The van der Waals surface area contributed by atoms with E-state index in [1.54, 1.807) is 19.1 Å². The van der Waals surface area contributed by atoms with Gasteiger partial charge in [-0.05, 0) is 32.4 Å². The Bertz CT molecular complexity index is 340. The van der Waals surface area contributed by atoms with Crippen molar-refractivity contribution in [1.82, 2.24) is 5.32 Å². The molecule has 1 aromatic rings. The van der Waals surface area contributed by atoms with Crippen LogP contribution >= 0.6 is 0 Å². The summed E-state index contributed by atoms with van der Waals surface area (Å²) in [4.78, 5) is 11.7. The maximum absolute atomic E-state index is 11.7. The molecule has 0 aliphatic rings. The molecule has 4 heteroatoms. The van der Waals surface area contributed by atoms with Crippen molar-refractivity contribution in [3.63, 3.8) is 0 Å². The summed E-state index contributed by atoms with van der Waals surface area (Å²) < 4.78 is 5.48. The molecular formula is C13H19NO3. The minimum Gasteiger partial charge on any atom is -0.481 e. The number of ether oxygens (including phenoxy) is 1. The summed E-state index contributed by atoms with van der Waals surface area (Å²) in [5.74, 6) is 0.500. The molecule has 2 atom stereocenters. The van der Waals surface area contributed by atoms with Crippen LogP contribution in [0.15, 0.2) is 30.3 Å². The number of amides is 1. The van der Waals surface area contributed by atoms with Gasteiger partial charge >= 0.3 is 0 Å². The van der Waals surface area contributed by atoms with Crippen LogP contribution in [0, 0.1) is 0 Å². The van der Waals surface area contributed by atoms with Crippen molar-refractivity contribution in [2.24, 2.45) is 0 Å². The lowest BCUT2D eigenvalue weighted by Gasteiger charge is -2.18. The summed E-state index contributed by atoms with van der Waals surface area (Å²) in [5.41, 5.74) is 0. The molecule has 1 aromatic carbocycles. The normalized spacial score (nSPS) is 13.8. The fourth-order valence-corrected chi connectivity index (χ4v) is 1.38. The molecule has 0 saturated heterocycles. The first-order chi connectivity index (χ1) is 8.13. The Morgan fingerprint density at radius 3 is 2.59 bits per heavy atom. The molecule has 1 rings (SSSR count). The Hall–Kier alpha value is -1.55. The molecule has 4 nitrogen and oxygen atoms in total. The number of aliphatic hydroxyl groups excluding tert-OH is 1. The van der Waals surface area contributed by atoms with E-state index in [0.29, 0.717) is 12.2 Å². The summed E-state index contributed by atoms with van der Waals surface area (Å²) >= 11 is 0. The number of nitrogens with one attached hydrogen (secondary N) is 1. The highest BCUT2D eigenvalue weighted by molar-refractivity contribution is 5.80. The molecule has 0 heterocycles. The predicted octanol–water partition coefficient (Wildman–Crippen LogP) is 1.34. The second-order valence-corrected chi connectivity index (χ2v) is 4.00. The largest absolute Gasteiger partial charge is 0.481 e. The van der Waals surface area contributed by atoms with E-state index in [-0.39, 0.29) is 18.6 Å². The second kappa shape index (κ2) is 6.91. The lowest BCUT2D eigenvalue weighted by Crippen LogP contribution is -2.41. The maximum atomic E-state index is 11.7. The van der Waals surface area contributed by atoms with Gasteiger partial charge in [0, 0.05) is 12.6 Å². The number of carbonyl (C=O) groups excluding carboxylic acids is 1. The van der Waals surface area contributed by atoms with Crippen molar-refractivity contribution in [3.8, 4) is 5.75 Å². The first kappa shape index (κ1) is 13.5. The highest BCUT2D eigenvalue weighted by Crippen LogP contribution is 2.10. The minimum atomic E-state index is -0.543. The minimum absolute atomic E-state index is 0.0469. The van der Waals surface area contributed by atoms with E-state index in [0.717, 1.165) is 0 Å². The number of aliphatic hydroxyl groups is 1. The molecule has 0 radical (unpaired) electrons. The molecular weight excluding hydrogens is 218 g/mol. The molecule has 0 fully saturated rings. The third-order valence-electron chi connectivity index (χ3n) is 2.38. The first-order valence-electron chi connectivity index (χ1n) is 5.76. The van der Waals surface area contributed by atoms with Gasteiger partial charge in [0.15, 0.2) is 6.10 Å². The quantitative estimate of drug-likeness (QED) is 0.785. The summed E-state index contributed by atoms with van der Waals surface area (Å²) in [5, 5.41) is 11.5. The van der Waals surface area contributed by atoms with E-state index >= 15 is 0 Å². The van der Waals surface area contributed by atoms with Gasteiger partial charge in [0.1, 0.15) is 5.75 Å². The SMILES string of the molecule is CC(CCO)NC(=O)C(C)Oc1ccccc1. The van der Waals surface area contributed by atoms with Gasteiger partial charge in [-0.25, -0.2) is 0 Å². The second-order valence-electron chi connectivity index (χ2n) is 4.00.